The van der Waals surface area contributed by atoms with Gasteiger partial charge in [-0.1, -0.05) is 92.3 Å². The fourth-order valence-electron chi connectivity index (χ4n) is 2.37. The van der Waals surface area contributed by atoms with E-state index in [-0.39, 0.29) is 0 Å². The Morgan fingerprint density at radius 2 is 0.682 bits per heavy atom. The van der Waals surface area contributed by atoms with Crippen molar-refractivity contribution >= 4 is 13.4 Å². The van der Waals surface area contributed by atoms with Crippen molar-refractivity contribution in [2.45, 2.75) is 105 Å². The maximum atomic E-state index is 5.28. The first-order valence-electron chi connectivity index (χ1n) is 10.0. The summed E-state index contributed by atoms with van der Waals surface area (Å²) in [4.78, 5) is 0. The molecule has 0 saturated heterocycles. The SMILES string of the molecule is CCB(CC)CC.CCB(CC)CC.NCCCCCCN. The van der Waals surface area contributed by atoms with Gasteiger partial charge in [-0.15, -0.1) is 0 Å². The molecule has 4 N–H and O–H groups in total. The molecule has 0 aliphatic rings. The third-order valence-electron chi connectivity index (χ3n) is 4.62. The van der Waals surface area contributed by atoms with Crippen LogP contribution in [0.15, 0.2) is 0 Å². The number of hydrogen-bond donors (Lipinski definition) is 2. The molecule has 0 aromatic heterocycles. The average molecular weight is 312 g/mol. The van der Waals surface area contributed by atoms with Crippen LogP contribution in [0.25, 0.3) is 0 Å². The van der Waals surface area contributed by atoms with Gasteiger partial charge in [0.05, 0.1) is 0 Å². The van der Waals surface area contributed by atoms with Crippen molar-refractivity contribution in [1.82, 2.24) is 0 Å². The Morgan fingerprint density at radius 3 is 0.773 bits per heavy atom. The summed E-state index contributed by atoms with van der Waals surface area (Å²) < 4.78 is 0. The van der Waals surface area contributed by atoms with Crippen molar-refractivity contribution in [2.75, 3.05) is 13.1 Å². The molecule has 0 aromatic rings. The molecule has 0 unspecified atom stereocenters. The maximum absolute atomic E-state index is 5.28. The third-order valence-corrected chi connectivity index (χ3v) is 4.62. The van der Waals surface area contributed by atoms with E-state index in [0.717, 1.165) is 39.4 Å². The van der Waals surface area contributed by atoms with Crippen molar-refractivity contribution in [2.24, 2.45) is 11.5 Å². The first kappa shape index (κ1) is 26.9. The highest BCUT2D eigenvalue weighted by Gasteiger charge is 2.02. The van der Waals surface area contributed by atoms with E-state index in [0.29, 0.717) is 0 Å². The van der Waals surface area contributed by atoms with E-state index in [1.165, 1.54) is 50.8 Å². The lowest BCUT2D eigenvalue weighted by Crippen LogP contribution is -2.04. The van der Waals surface area contributed by atoms with E-state index < -0.39 is 0 Å². The first-order valence-corrected chi connectivity index (χ1v) is 10.0. The predicted octanol–water partition coefficient (Wildman–Crippen LogP) is 5.55. The predicted molar refractivity (Wildman–Crippen MR) is 111 cm³/mol. The molecule has 134 valence electrons. The molecular formula is C18H46B2N2. The number of hydrogen-bond acceptors (Lipinski definition) is 2. The van der Waals surface area contributed by atoms with Crippen LogP contribution < -0.4 is 11.5 Å². The van der Waals surface area contributed by atoms with Crippen LogP contribution in [0.4, 0.5) is 0 Å². The van der Waals surface area contributed by atoms with Gasteiger partial charge >= 0.3 is 0 Å². The van der Waals surface area contributed by atoms with Gasteiger partial charge in [0.15, 0.2) is 0 Å². The Labute approximate surface area is 143 Å². The van der Waals surface area contributed by atoms with Crippen LogP contribution in [0, 0.1) is 0 Å². The minimum atomic E-state index is 0.824. The van der Waals surface area contributed by atoms with E-state index in [1.807, 2.05) is 0 Å². The zero-order valence-electron chi connectivity index (χ0n) is 16.8. The van der Waals surface area contributed by atoms with Crippen LogP contribution in [-0.2, 0) is 0 Å². The molecule has 0 saturated carbocycles. The minimum absolute atomic E-state index is 0.824. The van der Waals surface area contributed by atoms with Crippen molar-refractivity contribution in [3.8, 4) is 0 Å². The quantitative estimate of drug-likeness (QED) is 0.388. The highest BCUT2D eigenvalue weighted by molar-refractivity contribution is 6.58. The summed E-state index contributed by atoms with van der Waals surface area (Å²) in [6.07, 6.45) is 12.9. The molecule has 0 spiro atoms. The van der Waals surface area contributed by atoms with Gasteiger partial charge in [0, 0.05) is 0 Å². The summed E-state index contributed by atoms with van der Waals surface area (Å²) in [6, 6.07) is 0. The van der Waals surface area contributed by atoms with Crippen molar-refractivity contribution in [1.29, 1.82) is 0 Å². The second-order valence-corrected chi connectivity index (χ2v) is 6.17. The van der Waals surface area contributed by atoms with Crippen molar-refractivity contribution < 1.29 is 0 Å². The van der Waals surface area contributed by atoms with E-state index in [2.05, 4.69) is 41.5 Å². The zero-order valence-corrected chi connectivity index (χ0v) is 16.8. The van der Waals surface area contributed by atoms with Gasteiger partial charge in [-0.2, -0.15) is 0 Å². The molecular weight excluding hydrogens is 266 g/mol. The summed E-state index contributed by atoms with van der Waals surface area (Å²) in [5.74, 6) is 0. The second-order valence-electron chi connectivity index (χ2n) is 6.17. The minimum Gasteiger partial charge on any atom is -0.330 e. The topological polar surface area (TPSA) is 52.0 Å². The molecule has 0 aliphatic heterocycles. The molecule has 0 radical (unpaired) electrons. The normalized spacial score (nSPS) is 9.27. The largest absolute Gasteiger partial charge is 0.330 e. The summed E-state index contributed by atoms with van der Waals surface area (Å²) in [6.45, 7) is 17.2. The second kappa shape index (κ2) is 26.0. The van der Waals surface area contributed by atoms with Crippen LogP contribution in [0.2, 0.25) is 37.9 Å². The summed E-state index contributed by atoms with van der Waals surface area (Å²) in [7, 11) is 0. The maximum Gasteiger partial charge on any atom is 0.139 e. The van der Waals surface area contributed by atoms with Crippen LogP contribution in [-0.4, -0.2) is 26.5 Å². The van der Waals surface area contributed by atoms with Gasteiger partial charge in [0.2, 0.25) is 0 Å². The molecule has 0 aromatic carbocycles. The van der Waals surface area contributed by atoms with E-state index >= 15 is 0 Å². The molecule has 2 nitrogen and oxygen atoms in total. The van der Waals surface area contributed by atoms with Crippen LogP contribution in [0.5, 0.6) is 0 Å². The molecule has 0 atom stereocenters. The molecule has 0 bridgehead atoms. The lowest BCUT2D eigenvalue weighted by molar-refractivity contribution is 0.653. The van der Waals surface area contributed by atoms with Crippen LogP contribution in [0.3, 0.4) is 0 Å². The number of unbranched alkanes of at least 4 members (excludes halogenated alkanes) is 3. The van der Waals surface area contributed by atoms with Gasteiger partial charge in [0.1, 0.15) is 13.4 Å². The Hall–Kier alpha value is 0.0499. The smallest absolute Gasteiger partial charge is 0.139 e. The van der Waals surface area contributed by atoms with E-state index in [1.54, 1.807) is 0 Å². The van der Waals surface area contributed by atoms with Gasteiger partial charge in [-0.3, -0.25) is 0 Å². The zero-order chi connectivity index (χ0) is 17.6. The van der Waals surface area contributed by atoms with Crippen molar-refractivity contribution in [3.63, 3.8) is 0 Å². The van der Waals surface area contributed by atoms with Crippen LogP contribution >= 0.6 is 0 Å². The Bertz CT molecular complexity index is 132. The lowest BCUT2D eigenvalue weighted by Gasteiger charge is -2.00. The first-order chi connectivity index (χ1) is 10.6. The highest BCUT2D eigenvalue weighted by Crippen LogP contribution is 2.02. The standard InChI is InChI=1S/2C6H15B.C6H16N2/c2*1-4-7(5-2)6-3;7-5-3-1-2-4-6-8/h2*4-6H2,1-3H3;1-8H2. The molecule has 0 fully saturated rings. The highest BCUT2D eigenvalue weighted by atomic mass is 14.5. The molecule has 0 aliphatic carbocycles. The molecule has 0 rings (SSSR count). The molecule has 4 heteroatoms. The van der Waals surface area contributed by atoms with Crippen LogP contribution in [0.1, 0.15) is 67.2 Å². The Kier molecular flexibility index (Phi) is 31.8. The van der Waals surface area contributed by atoms with E-state index in [4.69, 9.17) is 11.5 Å². The third kappa shape index (κ3) is 25.0. The summed E-state index contributed by atoms with van der Waals surface area (Å²) in [5.41, 5.74) is 10.6. The average Bonchev–Trinajstić information content (AvgIpc) is 2.56. The molecule has 0 heterocycles. The molecule has 0 amide bonds. The van der Waals surface area contributed by atoms with Crippen molar-refractivity contribution in [3.05, 3.63) is 0 Å². The number of rotatable bonds is 11. The fourth-order valence-corrected chi connectivity index (χ4v) is 2.37. The van der Waals surface area contributed by atoms with E-state index in [9.17, 15) is 0 Å². The molecule has 22 heavy (non-hydrogen) atoms. The fraction of sp³-hybridized carbons (Fsp3) is 1.00. The van der Waals surface area contributed by atoms with Gasteiger partial charge in [-0.05, 0) is 25.9 Å². The Morgan fingerprint density at radius 1 is 0.455 bits per heavy atom. The van der Waals surface area contributed by atoms with Gasteiger partial charge in [0.25, 0.3) is 0 Å². The Balaban J connectivity index is -0.000000247. The summed E-state index contributed by atoms with van der Waals surface area (Å²) in [5, 5.41) is 0. The lowest BCUT2D eigenvalue weighted by atomic mass is 9.44. The summed E-state index contributed by atoms with van der Waals surface area (Å²) >= 11 is 0. The number of nitrogens with two attached hydrogens (primary N) is 2. The van der Waals surface area contributed by atoms with Gasteiger partial charge in [-0.25, -0.2) is 0 Å². The van der Waals surface area contributed by atoms with Gasteiger partial charge < -0.3 is 11.5 Å². The monoisotopic (exact) mass is 312 g/mol.